The van der Waals surface area contributed by atoms with Gasteiger partial charge in [0.1, 0.15) is 6.23 Å². The molecule has 21 heavy (non-hydrogen) atoms. The maximum atomic E-state index is 11.6. The number of hydrogen-bond acceptors (Lipinski definition) is 5. The van der Waals surface area contributed by atoms with Crippen LogP contribution in [0.15, 0.2) is 24.3 Å². The molecule has 0 aromatic heterocycles. The number of rotatable bonds is 5. The molecule has 1 aliphatic rings. The van der Waals surface area contributed by atoms with Crippen LogP contribution < -0.4 is 10.6 Å². The van der Waals surface area contributed by atoms with Gasteiger partial charge in [-0.05, 0) is 44.0 Å². The van der Waals surface area contributed by atoms with Crippen molar-refractivity contribution in [2.24, 2.45) is 11.7 Å². The Bertz CT molecular complexity index is 461. The molecule has 1 heterocycles. The van der Waals surface area contributed by atoms with Crippen LogP contribution in [-0.2, 0) is 9.47 Å². The van der Waals surface area contributed by atoms with E-state index in [0.29, 0.717) is 18.1 Å². The molecular formula is C16H24N2O3. The SMILES string of the molecule is CCOC(=O)c1ccc(N2CCC[C@@H](C(N)OC)C2)cc1. The molecule has 0 saturated carbocycles. The molecular weight excluding hydrogens is 268 g/mol. The molecule has 1 fully saturated rings. The van der Waals surface area contributed by atoms with Crippen molar-refractivity contribution in [3.05, 3.63) is 29.8 Å². The van der Waals surface area contributed by atoms with Crippen molar-refractivity contribution in [1.82, 2.24) is 0 Å². The first-order valence-electron chi connectivity index (χ1n) is 7.46. The monoisotopic (exact) mass is 292 g/mol. The van der Waals surface area contributed by atoms with Crippen LogP contribution in [0.2, 0.25) is 0 Å². The van der Waals surface area contributed by atoms with Crippen LogP contribution in [0, 0.1) is 5.92 Å². The molecule has 0 spiro atoms. The molecule has 0 bridgehead atoms. The topological polar surface area (TPSA) is 64.8 Å². The lowest BCUT2D eigenvalue weighted by Gasteiger charge is -2.36. The molecule has 5 heteroatoms. The van der Waals surface area contributed by atoms with Crippen LogP contribution in [0.25, 0.3) is 0 Å². The number of nitrogens with zero attached hydrogens (tertiary/aromatic N) is 1. The summed E-state index contributed by atoms with van der Waals surface area (Å²) in [6.07, 6.45) is 1.97. The summed E-state index contributed by atoms with van der Waals surface area (Å²) in [6, 6.07) is 7.56. The van der Waals surface area contributed by atoms with Crippen LogP contribution in [0.4, 0.5) is 5.69 Å². The van der Waals surface area contributed by atoms with Gasteiger partial charge in [-0.25, -0.2) is 4.79 Å². The molecule has 2 rings (SSSR count). The van der Waals surface area contributed by atoms with Gasteiger partial charge >= 0.3 is 5.97 Å². The zero-order chi connectivity index (χ0) is 15.2. The number of hydrogen-bond donors (Lipinski definition) is 1. The molecule has 1 saturated heterocycles. The minimum Gasteiger partial charge on any atom is -0.462 e. The third kappa shape index (κ3) is 3.95. The number of methoxy groups -OCH3 is 1. The van der Waals surface area contributed by atoms with Crippen molar-refractivity contribution < 1.29 is 14.3 Å². The van der Waals surface area contributed by atoms with Gasteiger partial charge in [-0.1, -0.05) is 0 Å². The lowest BCUT2D eigenvalue weighted by Crippen LogP contribution is -2.44. The smallest absolute Gasteiger partial charge is 0.338 e. The van der Waals surface area contributed by atoms with Gasteiger partial charge in [0.25, 0.3) is 0 Å². The minimum atomic E-state index is -0.276. The van der Waals surface area contributed by atoms with Crippen molar-refractivity contribution in [3.63, 3.8) is 0 Å². The Morgan fingerprint density at radius 2 is 2.14 bits per heavy atom. The predicted octanol–water partition coefficient (Wildman–Crippen LogP) is 2.01. The number of carbonyl (C=O) groups is 1. The van der Waals surface area contributed by atoms with Crippen molar-refractivity contribution in [2.75, 3.05) is 31.7 Å². The molecule has 1 aliphatic heterocycles. The Morgan fingerprint density at radius 3 is 2.76 bits per heavy atom. The fourth-order valence-corrected chi connectivity index (χ4v) is 2.73. The van der Waals surface area contributed by atoms with Crippen LogP contribution in [-0.4, -0.2) is 39.0 Å². The van der Waals surface area contributed by atoms with Gasteiger partial charge < -0.3 is 20.1 Å². The molecule has 0 radical (unpaired) electrons. The lowest BCUT2D eigenvalue weighted by atomic mass is 9.96. The summed E-state index contributed by atoms with van der Waals surface area (Å²) in [6.45, 7) is 4.09. The Labute approximate surface area is 126 Å². The molecule has 2 N–H and O–H groups in total. The molecule has 1 aromatic carbocycles. The van der Waals surface area contributed by atoms with Crippen LogP contribution in [0.3, 0.4) is 0 Å². The van der Waals surface area contributed by atoms with E-state index in [4.69, 9.17) is 15.2 Å². The molecule has 0 aliphatic carbocycles. The van der Waals surface area contributed by atoms with Crippen LogP contribution in [0.5, 0.6) is 0 Å². The van der Waals surface area contributed by atoms with E-state index in [2.05, 4.69) is 4.90 Å². The molecule has 116 valence electrons. The van der Waals surface area contributed by atoms with Crippen molar-refractivity contribution in [3.8, 4) is 0 Å². The second-order valence-electron chi connectivity index (χ2n) is 5.32. The van der Waals surface area contributed by atoms with E-state index in [1.807, 2.05) is 24.3 Å². The van der Waals surface area contributed by atoms with E-state index < -0.39 is 0 Å². The van der Waals surface area contributed by atoms with E-state index in [1.54, 1.807) is 14.0 Å². The van der Waals surface area contributed by atoms with E-state index in [9.17, 15) is 4.79 Å². The summed E-state index contributed by atoms with van der Waals surface area (Å²) in [4.78, 5) is 13.9. The van der Waals surface area contributed by atoms with E-state index >= 15 is 0 Å². The van der Waals surface area contributed by atoms with Gasteiger partial charge in [0, 0.05) is 31.8 Å². The second-order valence-corrected chi connectivity index (χ2v) is 5.32. The normalized spacial score (nSPS) is 20.1. The number of ether oxygens (including phenoxy) is 2. The van der Waals surface area contributed by atoms with Gasteiger partial charge in [0.15, 0.2) is 0 Å². The van der Waals surface area contributed by atoms with E-state index in [-0.39, 0.29) is 12.2 Å². The van der Waals surface area contributed by atoms with Gasteiger partial charge in [-0.3, -0.25) is 0 Å². The zero-order valence-corrected chi connectivity index (χ0v) is 12.7. The molecule has 2 atom stereocenters. The first-order valence-corrected chi connectivity index (χ1v) is 7.46. The summed E-state index contributed by atoms with van der Waals surface area (Å²) < 4.78 is 10.2. The summed E-state index contributed by atoms with van der Waals surface area (Å²) in [5.74, 6) is 0.0652. The lowest BCUT2D eigenvalue weighted by molar-refractivity contribution is 0.0510. The highest BCUT2D eigenvalue weighted by Gasteiger charge is 2.25. The van der Waals surface area contributed by atoms with Crippen molar-refractivity contribution in [1.29, 1.82) is 0 Å². The van der Waals surface area contributed by atoms with Crippen LogP contribution >= 0.6 is 0 Å². The average molecular weight is 292 g/mol. The summed E-state index contributed by atoms with van der Waals surface area (Å²) in [7, 11) is 1.65. The average Bonchev–Trinajstić information content (AvgIpc) is 2.54. The number of esters is 1. The zero-order valence-electron chi connectivity index (χ0n) is 12.7. The van der Waals surface area contributed by atoms with Gasteiger partial charge in [0.05, 0.1) is 12.2 Å². The number of carbonyl (C=O) groups excluding carboxylic acids is 1. The van der Waals surface area contributed by atoms with E-state index in [0.717, 1.165) is 31.6 Å². The standard InChI is InChI=1S/C16H24N2O3/c1-3-21-16(19)12-6-8-14(9-7-12)18-10-4-5-13(11-18)15(17)20-2/h6-9,13,15H,3-5,10-11,17H2,1-2H3/t13-,15?/m1/s1. The maximum Gasteiger partial charge on any atom is 0.338 e. The maximum absolute atomic E-state index is 11.6. The summed E-state index contributed by atoms with van der Waals surface area (Å²) in [5, 5.41) is 0. The first kappa shape index (κ1) is 15.8. The molecule has 1 aromatic rings. The quantitative estimate of drug-likeness (QED) is 0.664. The highest BCUT2D eigenvalue weighted by molar-refractivity contribution is 5.89. The molecule has 1 unspecified atom stereocenters. The van der Waals surface area contributed by atoms with Crippen molar-refractivity contribution in [2.45, 2.75) is 26.0 Å². The van der Waals surface area contributed by atoms with E-state index in [1.165, 1.54) is 0 Å². The second kappa shape index (κ2) is 7.43. The Kier molecular flexibility index (Phi) is 5.59. The third-order valence-corrected chi connectivity index (χ3v) is 3.94. The molecule has 0 amide bonds. The third-order valence-electron chi connectivity index (χ3n) is 3.94. The van der Waals surface area contributed by atoms with Crippen molar-refractivity contribution >= 4 is 11.7 Å². The first-order chi connectivity index (χ1) is 10.2. The minimum absolute atomic E-state index is 0.216. The summed E-state index contributed by atoms with van der Waals surface area (Å²) in [5.41, 5.74) is 7.67. The Morgan fingerprint density at radius 1 is 1.43 bits per heavy atom. The number of piperidine rings is 1. The number of benzene rings is 1. The van der Waals surface area contributed by atoms with Gasteiger partial charge in [-0.2, -0.15) is 0 Å². The largest absolute Gasteiger partial charge is 0.462 e. The highest BCUT2D eigenvalue weighted by Crippen LogP contribution is 2.25. The number of nitrogens with two attached hydrogens (primary N) is 1. The Hall–Kier alpha value is -1.59. The van der Waals surface area contributed by atoms with Gasteiger partial charge in [0.2, 0.25) is 0 Å². The Balaban J connectivity index is 2.03. The summed E-state index contributed by atoms with van der Waals surface area (Å²) >= 11 is 0. The number of anilines is 1. The van der Waals surface area contributed by atoms with Gasteiger partial charge in [-0.15, -0.1) is 0 Å². The predicted molar refractivity (Wildman–Crippen MR) is 82.3 cm³/mol. The molecule has 5 nitrogen and oxygen atoms in total. The highest BCUT2D eigenvalue weighted by atomic mass is 16.5. The fourth-order valence-electron chi connectivity index (χ4n) is 2.73. The fraction of sp³-hybridized carbons (Fsp3) is 0.562. The van der Waals surface area contributed by atoms with Crippen LogP contribution in [0.1, 0.15) is 30.1 Å².